The van der Waals surface area contributed by atoms with E-state index >= 15 is 0 Å². The monoisotopic (exact) mass is 290 g/mol. The maximum Gasteiger partial charge on any atom is 0.0588 e. The second-order valence-electron chi connectivity index (χ2n) is 6.31. The van der Waals surface area contributed by atoms with Crippen LogP contribution in [0.15, 0.2) is 24.3 Å². The number of rotatable bonds is 6. The molecule has 1 aromatic carbocycles. The molecule has 2 fully saturated rings. The fraction of sp³-hybridized carbons (Fsp3) is 0.647. The van der Waals surface area contributed by atoms with Gasteiger partial charge in [0.2, 0.25) is 0 Å². The molecule has 3 unspecified atom stereocenters. The van der Waals surface area contributed by atoms with Gasteiger partial charge in [-0.05, 0) is 36.5 Å². The van der Waals surface area contributed by atoms with Crippen LogP contribution in [0.4, 0.5) is 5.69 Å². The third-order valence-corrected chi connectivity index (χ3v) is 4.93. The summed E-state index contributed by atoms with van der Waals surface area (Å²) < 4.78 is 5.02. The van der Waals surface area contributed by atoms with Crippen LogP contribution in [-0.2, 0) is 11.3 Å². The van der Waals surface area contributed by atoms with Gasteiger partial charge >= 0.3 is 0 Å². The van der Waals surface area contributed by atoms with Crippen molar-refractivity contribution in [2.24, 2.45) is 11.8 Å². The highest BCUT2D eigenvalue weighted by Crippen LogP contribution is 2.39. The standard InChI is InChI=1S/C17H26N2O2/c1-21-9-8-18-10-13-2-5-15(6-3-13)19-11-14-4-7-17(20)16(14)12-19/h2-3,5-6,14,16-18,20H,4,7-12H2,1H3. The van der Waals surface area contributed by atoms with Crippen LogP contribution in [0.25, 0.3) is 0 Å². The first-order chi connectivity index (χ1) is 10.3. The minimum atomic E-state index is -0.0794. The summed E-state index contributed by atoms with van der Waals surface area (Å²) in [5.41, 5.74) is 2.59. The van der Waals surface area contributed by atoms with E-state index in [0.717, 1.165) is 39.2 Å². The Morgan fingerprint density at radius 1 is 1.24 bits per heavy atom. The molecule has 116 valence electrons. The van der Waals surface area contributed by atoms with Crippen molar-refractivity contribution in [1.29, 1.82) is 0 Å². The molecule has 4 heteroatoms. The van der Waals surface area contributed by atoms with Gasteiger partial charge in [-0.2, -0.15) is 0 Å². The van der Waals surface area contributed by atoms with Crippen molar-refractivity contribution >= 4 is 5.69 Å². The fourth-order valence-electron chi connectivity index (χ4n) is 3.68. The molecule has 0 aromatic heterocycles. The third-order valence-electron chi connectivity index (χ3n) is 4.93. The van der Waals surface area contributed by atoms with Crippen molar-refractivity contribution in [3.63, 3.8) is 0 Å². The Kier molecular flexibility index (Phi) is 4.78. The van der Waals surface area contributed by atoms with Gasteiger partial charge in [0.05, 0.1) is 12.7 Å². The number of benzene rings is 1. The number of nitrogens with one attached hydrogen (secondary N) is 1. The Morgan fingerprint density at radius 2 is 2.05 bits per heavy atom. The Balaban J connectivity index is 1.53. The molecule has 0 spiro atoms. The van der Waals surface area contributed by atoms with Crippen molar-refractivity contribution in [3.8, 4) is 0 Å². The third kappa shape index (κ3) is 3.39. The zero-order valence-electron chi connectivity index (χ0n) is 12.8. The molecule has 4 nitrogen and oxygen atoms in total. The van der Waals surface area contributed by atoms with E-state index in [1.807, 2.05) is 0 Å². The predicted molar refractivity (Wildman–Crippen MR) is 84.5 cm³/mol. The zero-order chi connectivity index (χ0) is 14.7. The number of fused-ring (bicyclic) bond motifs is 1. The number of aliphatic hydroxyl groups is 1. The molecule has 0 radical (unpaired) electrons. The average molecular weight is 290 g/mol. The Labute approximate surface area is 127 Å². The number of methoxy groups -OCH3 is 1. The van der Waals surface area contributed by atoms with Gasteiger partial charge in [-0.1, -0.05) is 12.1 Å². The van der Waals surface area contributed by atoms with E-state index in [9.17, 15) is 5.11 Å². The summed E-state index contributed by atoms with van der Waals surface area (Å²) in [6.07, 6.45) is 2.10. The minimum absolute atomic E-state index is 0.0794. The van der Waals surface area contributed by atoms with Gasteiger partial charge in [0.1, 0.15) is 0 Å². The van der Waals surface area contributed by atoms with Crippen LogP contribution in [0.3, 0.4) is 0 Å². The van der Waals surface area contributed by atoms with Gasteiger partial charge in [-0.15, -0.1) is 0 Å². The topological polar surface area (TPSA) is 44.7 Å². The van der Waals surface area contributed by atoms with E-state index in [0.29, 0.717) is 11.8 Å². The van der Waals surface area contributed by atoms with Gasteiger partial charge in [0.25, 0.3) is 0 Å². The Hall–Kier alpha value is -1.10. The van der Waals surface area contributed by atoms with Crippen LogP contribution >= 0.6 is 0 Å². The lowest BCUT2D eigenvalue weighted by Gasteiger charge is -2.21. The molecule has 0 bridgehead atoms. The van der Waals surface area contributed by atoms with E-state index in [1.165, 1.54) is 17.7 Å². The molecule has 1 aromatic rings. The van der Waals surface area contributed by atoms with E-state index < -0.39 is 0 Å². The number of aliphatic hydroxyl groups excluding tert-OH is 1. The molecule has 1 saturated heterocycles. The Bertz CT molecular complexity index is 449. The summed E-state index contributed by atoms with van der Waals surface area (Å²) in [4.78, 5) is 2.43. The Morgan fingerprint density at radius 3 is 2.76 bits per heavy atom. The molecular weight excluding hydrogens is 264 g/mol. The van der Waals surface area contributed by atoms with Crippen LogP contribution < -0.4 is 10.2 Å². The highest BCUT2D eigenvalue weighted by molar-refractivity contribution is 5.49. The minimum Gasteiger partial charge on any atom is -0.393 e. The van der Waals surface area contributed by atoms with E-state index in [1.54, 1.807) is 7.11 Å². The molecule has 1 aliphatic heterocycles. The lowest BCUT2D eigenvalue weighted by atomic mass is 10.00. The number of nitrogens with zero attached hydrogens (tertiary/aromatic N) is 1. The van der Waals surface area contributed by atoms with E-state index in [2.05, 4.69) is 34.5 Å². The zero-order valence-corrected chi connectivity index (χ0v) is 12.8. The van der Waals surface area contributed by atoms with Gasteiger partial charge in [-0.25, -0.2) is 0 Å². The quantitative estimate of drug-likeness (QED) is 0.782. The molecule has 2 aliphatic rings. The predicted octanol–water partition coefficient (Wildman–Crippen LogP) is 1.63. The van der Waals surface area contributed by atoms with Crippen molar-refractivity contribution in [2.45, 2.75) is 25.5 Å². The van der Waals surface area contributed by atoms with Crippen LogP contribution in [-0.4, -0.2) is 44.6 Å². The number of hydrogen-bond acceptors (Lipinski definition) is 4. The van der Waals surface area contributed by atoms with Gasteiger partial charge in [0, 0.05) is 44.9 Å². The summed E-state index contributed by atoms with van der Waals surface area (Å²) in [7, 11) is 1.72. The highest BCUT2D eigenvalue weighted by atomic mass is 16.5. The van der Waals surface area contributed by atoms with Crippen LogP contribution in [0.1, 0.15) is 18.4 Å². The van der Waals surface area contributed by atoms with Crippen molar-refractivity contribution in [1.82, 2.24) is 5.32 Å². The fourth-order valence-corrected chi connectivity index (χ4v) is 3.68. The van der Waals surface area contributed by atoms with Crippen LogP contribution in [0.5, 0.6) is 0 Å². The maximum absolute atomic E-state index is 10.0. The van der Waals surface area contributed by atoms with Crippen molar-refractivity contribution in [2.75, 3.05) is 38.3 Å². The van der Waals surface area contributed by atoms with Gasteiger partial charge < -0.3 is 20.1 Å². The van der Waals surface area contributed by atoms with Gasteiger partial charge in [-0.3, -0.25) is 0 Å². The second kappa shape index (κ2) is 6.77. The number of ether oxygens (including phenoxy) is 1. The highest BCUT2D eigenvalue weighted by Gasteiger charge is 2.41. The summed E-state index contributed by atoms with van der Waals surface area (Å²) in [6.45, 7) is 4.63. The lowest BCUT2D eigenvalue weighted by Crippen LogP contribution is -2.24. The normalized spacial score (nSPS) is 28.1. The first-order valence-corrected chi connectivity index (χ1v) is 7.99. The molecule has 21 heavy (non-hydrogen) atoms. The summed E-state index contributed by atoms with van der Waals surface area (Å²) >= 11 is 0. The molecule has 0 amide bonds. The average Bonchev–Trinajstić information content (AvgIpc) is 3.07. The summed E-state index contributed by atoms with van der Waals surface area (Å²) in [5, 5.41) is 13.4. The molecule has 1 aliphatic carbocycles. The second-order valence-corrected chi connectivity index (χ2v) is 6.31. The first kappa shape index (κ1) is 14.8. The van der Waals surface area contributed by atoms with Gasteiger partial charge in [0.15, 0.2) is 0 Å². The molecule has 1 heterocycles. The lowest BCUT2D eigenvalue weighted by molar-refractivity contribution is 0.133. The molecular formula is C17H26N2O2. The van der Waals surface area contributed by atoms with Crippen LogP contribution in [0, 0.1) is 11.8 Å². The van der Waals surface area contributed by atoms with Crippen molar-refractivity contribution < 1.29 is 9.84 Å². The molecule has 2 N–H and O–H groups in total. The maximum atomic E-state index is 10.0. The van der Waals surface area contributed by atoms with Crippen LogP contribution in [0.2, 0.25) is 0 Å². The largest absolute Gasteiger partial charge is 0.393 e. The molecule has 3 rings (SSSR count). The first-order valence-electron chi connectivity index (χ1n) is 7.99. The summed E-state index contributed by atoms with van der Waals surface area (Å²) in [5.74, 6) is 1.18. The SMILES string of the molecule is COCCNCc1ccc(N2CC3CCC(O)C3C2)cc1. The number of hydrogen-bond donors (Lipinski definition) is 2. The van der Waals surface area contributed by atoms with E-state index in [4.69, 9.17) is 4.74 Å². The number of anilines is 1. The summed E-state index contributed by atoms with van der Waals surface area (Å²) in [6, 6.07) is 8.81. The molecule has 1 saturated carbocycles. The van der Waals surface area contributed by atoms with Crippen molar-refractivity contribution in [3.05, 3.63) is 29.8 Å². The smallest absolute Gasteiger partial charge is 0.0588 e. The molecule has 3 atom stereocenters. The van der Waals surface area contributed by atoms with E-state index in [-0.39, 0.29) is 6.10 Å².